The highest BCUT2D eigenvalue weighted by Gasteiger charge is 2.36. The Morgan fingerprint density at radius 2 is 1.69 bits per heavy atom. The molecule has 0 aromatic heterocycles. The predicted octanol–water partition coefficient (Wildman–Crippen LogP) is 4.71. The Balaban J connectivity index is 1.81. The Morgan fingerprint density at radius 3 is 2.31 bits per heavy atom. The van der Waals surface area contributed by atoms with Crippen LogP contribution in [0, 0.1) is 11.3 Å². The van der Waals surface area contributed by atoms with E-state index in [1.807, 2.05) is 32.0 Å². The third-order valence-electron chi connectivity index (χ3n) is 5.33. The first-order chi connectivity index (χ1) is 16.9. The molecule has 0 saturated carbocycles. The van der Waals surface area contributed by atoms with Crippen LogP contribution < -0.4 is 19.9 Å². The molecule has 1 aliphatic heterocycles. The number of allylic oxidation sites excluding steroid dienone is 2. The van der Waals surface area contributed by atoms with Gasteiger partial charge in [0.2, 0.25) is 5.88 Å². The van der Waals surface area contributed by atoms with Crippen LogP contribution in [0.2, 0.25) is 0 Å². The molecule has 8 heteroatoms. The minimum absolute atomic E-state index is 0.0241. The van der Waals surface area contributed by atoms with Crippen LogP contribution in [-0.2, 0) is 20.9 Å². The van der Waals surface area contributed by atoms with Gasteiger partial charge in [-0.15, -0.1) is 0 Å². The fraction of sp³-hybridized carbons (Fsp3) is 0.333. The number of rotatable bonds is 10. The van der Waals surface area contributed by atoms with Gasteiger partial charge in [-0.1, -0.05) is 18.2 Å². The number of nitrogens with zero attached hydrogens (tertiary/aromatic N) is 1. The average Bonchev–Trinajstić information content (AvgIpc) is 2.84. The molecule has 1 heterocycles. The van der Waals surface area contributed by atoms with E-state index in [1.54, 1.807) is 38.1 Å². The molecular weight excluding hydrogens is 448 g/mol. The molecule has 0 bridgehead atoms. The number of carbonyl (C=O) groups is 1. The number of ether oxygens (including phenoxy) is 5. The highest BCUT2D eigenvalue weighted by molar-refractivity contribution is 5.92. The minimum Gasteiger partial charge on any atom is -0.490 e. The second kappa shape index (κ2) is 11.8. The molecule has 0 aliphatic carbocycles. The van der Waals surface area contributed by atoms with Crippen molar-refractivity contribution in [2.45, 2.75) is 40.2 Å². The maximum Gasteiger partial charge on any atom is 0.338 e. The Labute approximate surface area is 205 Å². The largest absolute Gasteiger partial charge is 0.490 e. The molecule has 2 N–H and O–H groups in total. The SMILES string of the molecule is CCOC(=O)C1=C(C)OC(N)=C(C#N)C1c1ccc(OCc2ccc(OCC)c(OCC)c2)cc1. The molecular formula is C27H30N2O6. The lowest BCUT2D eigenvalue weighted by molar-refractivity contribution is -0.139. The van der Waals surface area contributed by atoms with Crippen LogP contribution in [0.4, 0.5) is 0 Å². The zero-order valence-electron chi connectivity index (χ0n) is 20.4. The summed E-state index contributed by atoms with van der Waals surface area (Å²) in [7, 11) is 0. The lowest BCUT2D eigenvalue weighted by Gasteiger charge is -2.26. The minimum atomic E-state index is -0.693. The lowest BCUT2D eigenvalue weighted by Crippen LogP contribution is -2.25. The molecule has 3 rings (SSSR count). The summed E-state index contributed by atoms with van der Waals surface area (Å²) in [5, 5.41) is 9.70. The number of benzene rings is 2. The molecule has 0 fully saturated rings. The second-order valence-corrected chi connectivity index (χ2v) is 7.62. The maximum absolute atomic E-state index is 12.6. The molecule has 1 atom stereocenters. The van der Waals surface area contributed by atoms with E-state index in [1.165, 1.54) is 0 Å². The van der Waals surface area contributed by atoms with E-state index in [4.69, 9.17) is 29.4 Å². The standard InChI is InChI=1S/C27H30N2O6/c1-5-31-22-13-8-18(14-23(22)32-6-2)16-34-20-11-9-19(10-12-20)25-21(15-28)26(29)35-17(4)24(25)27(30)33-7-3/h8-14,25H,5-7,16,29H2,1-4H3. The van der Waals surface area contributed by atoms with Gasteiger partial charge in [0.25, 0.3) is 0 Å². The van der Waals surface area contributed by atoms with E-state index < -0.39 is 11.9 Å². The van der Waals surface area contributed by atoms with E-state index in [0.717, 1.165) is 5.56 Å². The van der Waals surface area contributed by atoms with Crippen LogP contribution in [-0.4, -0.2) is 25.8 Å². The predicted molar refractivity (Wildman–Crippen MR) is 130 cm³/mol. The lowest BCUT2D eigenvalue weighted by atomic mass is 9.83. The van der Waals surface area contributed by atoms with Gasteiger partial charge in [0.15, 0.2) is 11.5 Å². The maximum atomic E-state index is 12.6. The van der Waals surface area contributed by atoms with Crippen molar-refractivity contribution in [2.24, 2.45) is 5.73 Å². The summed E-state index contributed by atoms with van der Waals surface area (Å²) in [5.74, 6) is 1.04. The smallest absolute Gasteiger partial charge is 0.338 e. The Bertz CT molecular complexity index is 1160. The van der Waals surface area contributed by atoms with Crippen molar-refractivity contribution in [1.29, 1.82) is 5.26 Å². The molecule has 1 unspecified atom stereocenters. The molecule has 0 spiro atoms. The zero-order valence-corrected chi connectivity index (χ0v) is 20.4. The molecule has 2 aromatic rings. The topological polar surface area (TPSA) is 113 Å². The van der Waals surface area contributed by atoms with Crippen LogP contribution in [0.5, 0.6) is 17.2 Å². The molecule has 2 aromatic carbocycles. The highest BCUT2D eigenvalue weighted by atomic mass is 16.5. The second-order valence-electron chi connectivity index (χ2n) is 7.62. The van der Waals surface area contributed by atoms with E-state index in [0.29, 0.717) is 48.4 Å². The molecule has 35 heavy (non-hydrogen) atoms. The molecule has 0 amide bonds. The van der Waals surface area contributed by atoms with E-state index in [2.05, 4.69) is 6.07 Å². The summed E-state index contributed by atoms with van der Waals surface area (Å²) >= 11 is 0. The number of hydrogen-bond donors (Lipinski definition) is 1. The number of nitriles is 1. The third-order valence-corrected chi connectivity index (χ3v) is 5.33. The average molecular weight is 479 g/mol. The summed E-state index contributed by atoms with van der Waals surface area (Å²) in [4.78, 5) is 12.6. The van der Waals surface area contributed by atoms with Crippen molar-refractivity contribution < 1.29 is 28.5 Å². The van der Waals surface area contributed by atoms with E-state index in [-0.39, 0.29) is 23.6 Å². The first-order valence-corrected chi connectivity index (χ1v) is 11.5. The van der Waals surface area contributed by atoms with Crippen LogP contribution in [0.25, 0.3) is 0 Å². The van der Waals surface area contributed by atoms with E-state index >= 15 is 0 Å². The van der Waals surface area contributed by atoms with Gasteiger partial charge < -0.3 is 29.4 Å². The van der Waals surface area contributed by atoms with Crippen molar-refractivity contribution >= 4 is 5.97 Å². The summed E-state index contributed by atoms with van der Waals surface area (Å²) in [6.45, 7) is 8.80. The molecule has 184 valence electrons. The summed E-state index contributed by atoms with van der Waals surface area (Å²) in [6, 6.07) is 14.9. The molecule has 0 saturated heterocycles. The van der Waals surface area contributed by atoms with Crippen molar-refractivity contribution in [2.75, 3.05) is 19.8 Å². The van der Waals surface area contributed by atoms with Crippen molar-refractivity contribution in [3.8, 4) is 23.3 Å². The molecule has 0 radical (unpaired) electrons. The van der Waals surface area contributed by atoms with E-state index in [9.17, 15) is 10.1 Å². The van der Waals surface area contributed by atoms with Crippen molar-refractivity contribution in [1.82, 2.24) is 0 Å². The van der Waals surface area contributed by atoms with Crippen molar-refractivity contribution in [3.05, 3.63) is 76.4 Å². The number of carbonyl (C=O) groups excluding carboxylic acids is 1. The van der Waals surface area contributed by atoms with Gasteiger partial charge >= 0.3 is 5.97 Å². The quantitative estimate of drug-likeness (QED) is 0.489. The van der Waals surface area contributed by atoms with Crippen LogP contribution >= 0.6 is 0 Å². The molecule has 1 aliphatic rings. The highest BCUT2D eigenvalue weighted by Crippen LogP contribution is 2.40. The third kappa shape index (κ3) is 5.87. The van der Waals surface area contributed by atoms with Gasteiger partial charge in [0.05, 0.1) is 31.3 Å². The first-order valence-electron chi connectivity index (χ1n) is 11.5. The monoisotopic (exact) mass is 478 g/mol. The Morgan fingerprint density at radius 1 is 1.00 bits per heavy atom. The van der Waals surface area contributed by atoms with Gasteiger partial charge in [-0.25, -0.2) is 4.79 Å². The fourth-order valence-corrected chi connectivity index (χ4v) is 3.80. The number of esters is 1. The summed E-state index contributed by atoms with van der Waals surface area (Å²) in [5.41, 5.74) is 7.99. The molecule has 8 nitrogen and oxygen atoms in total. The fourth-order valence-electron chi connectivity index (χ4n) is 3.80. The Kier molecular flexibility index (Phi) is 8.63. The van der Waals surface area contributed by atoms with Crippen molar-refractivity contribution in [3.63, 3.8) is 0 Å². The van der Waals surface area contributed by atoms with Crippen LogP contribution in [0.1, 0.15) is 44.7 Å². The summed E-state index contributed by atoms with van der Waals surface area (Å²) in [6.07, 6.45) is 0. The van der Waals surface area contributed by atoms with Crippen LogP contribution in [0.15, 0.2) is 65.3 Å². The Hall–Kier alpha value is -4.12. The number of nitrogens with two attached hydrogens (primary N) is 1. The zero-order chi connectivity index (χ0) is 25.4. The van der Waals surface area contributed by atoms with Gasteiger partial charge in [0, 0.05) is 0 Å². The van der Waals surface area contributed by atoms with Gasteiger partial charge in [-0.3, -0.25) is 0 Å². The van der Waals surface area contributed by atoms with Gasteiger partial charge in [-0.2, -0.15) is 5.26 Å². The number of hydrogen-bond acceptors (Lipinski definition) is 8. The van der Waals surface area contributed by atoms with Gasteiger partial charge in [0.1, 0.15) is 29.8 Å². The normalized spacial score (nSPS) is 15.2. The first kappa shape index (κ1) is 25.5. The van der Waals surface area contributed by atoms with Crippen LogP contribution in [0.3, 0.4) is 0 Å². The van der Waals surface area contributed by atoms with Gasteiger partial charge in [-0.05, 0) is 63.1 Å². The summed E-state index contributed by atoms with van der Waals surface area (Å²) < 4.78 is 27.9.